The molecule has 0 bridgehead atoms. The maximum absolute atomic E-state index is 5.30. The lowest BCUT2D eigenvalue weighted by molar-refractivity contribution is 1.32. The van der Waals surface area contributed by atoms with E-state index in [1.54, 1.807) is 17.5 Å². The van der Waals surface area contributed by atoms with Crippen LogP contribution >= 0.6 is 23.6 Å². The van der Waals surface area contributed by atoms with Gasteiger partial charge in [-0.25, -0.2) is 4.98 Å². The molecule has 0 saturated carbocycles. The van der Waals surface area contributed by atoms with Crippen molar-refractivity contribution < 1.29 is 0 Å². The Bertz CT molecular complexity index is 533. The second-order valence-electron chi connectivity index (χ2n) is 3.18. The van der Waals surface area contributed by atoms with Crippen molar-refractivity contribution in [2.45, 2.75) is 0 Å². The first-order valence-electron chi connectivity index (χ1n) is 4.44. The predicted molar refractivity (Wildman–Crippen MR) is 67.2 cm³/mol. The van der Waals surface area contributed by atoms with E-state index < -0.39 is 0 Å². The van der Waals surface area contributed by atoms with E-state index in [0.717, 1.165) is 27.7 Å². The van der Waals surface area contributed by atoms with Crippen molar-refractivity contribution in [3.05, 3.63) is 34.7 Å². The second kappa shape index (κ2) is 3.29. The summed E-state index contributed by atoms with van der Waals surface area (Å²) < 4.78 is 0. The minimum Gasteiger partial charge on any atom is -0.343 e. The fourth-order valence-electron chi connectivity index (χ4n) is 1.49. The van der Waals surface area contributed by atoms with E-state index in [4.69, 9.17) is 12.2 Å². The first-order valence-corrected chi connectivity index (χ1v) is 5.79. The first-order chi connectivity index (χ1) is 7.34. The van der Waals surface area contributed by atoms with Gasteiger partial charge in [-0.3, -0.25) is 0 Å². The van der Waals surface area contributed by atoms with Crippen molar-refractivity contribution in [2.75, 3.05) is 10.6 Å². The maximum atomic E-state index is 5.30. The van der Waals surface area contributed by atoms with Crippen molar-refractivity contribution in [1.29, 1.82) is 0 Å². The lowest BCUT2D eigenvalue weighted by Gasteiger charge is -2.05. The Hall–Kier alpha value is -1.46. The molecule has 0 amide bonds. The Morgan fingerprint density at radius 2 is 2.13 bits per heavy atom. The third kappa shape index (κ3) is 1.40. The molecule has 2 N–H and O–H groups in total. The number of rotatable bonds is 0. The van der Waals surface area contributed by atoms with E-state index in [0.29, 0.717) is 0 Å². The molecule has 3 heterocycles. The number of fused-ring (bicyclic) bond motifs is 2. The Kier molecular flexibility index (Phi) is 1.93. The highest BCUT2D eigenvalue weighted by molar-refractivity contribution is 7.81. The largest absolute Gasteiger partial charge is 0.343 e. The van der Waals surface area contributed by atoms with Crippen molar-refractivity contribution in [3.8, 4) is 0 Å². The lowest BCUT2D eigenvalue weighted by Crippen LogP contribution is -2.07. The number of thiocarbonyl (C=S) groups is 1. The molecule has 0 saturated heterocycles. The minimum atomic E-state index is 0.741. The molecule has 0 unspecified atom stereocenters. The van der Waals surface area contributed by atoms with Crippen molar-refractivity contribution >= 4 is 45.7 Å². The molecular formula is C10H7N3S2. The SMILES string of the molecule is S=C1Nc2cccnc2Nc2cscc21. The van der Waals surface area contributed by atoms with Gasteiger partial charge < -0.3 is 10.6 Å². The minimum absolute atomic E-state index is 0.741. The Balaban J connectivity index is 2.18. The molecule has 0 radical (unpaired) electrons. The molecule has 2 aromatic rings. The molecule has 15 heavy (non-hydrogen) atoms. The summed E-state index contributed by atoms with van der Waals surface area (Å²) in [5.74, 6) is 0.817. The predicted octanol–water partition coefficient (Wildman–Crippen LogP) is 2.99. The number of anilines is 3. The zero-order valence-electron chi connectivity index (χ0n) is 7.65. The summed E-state index contributed by atoms with van der Waals surface area (Å²) in [4.78, 5) is 5.00. The first kappa shape index (κ1) is 8.82. The van der Waals surface area contributed by atoms with Crippen LogP contribution in [0, 0.1) is 0 Å². The van der Waals surface area contributed by atoms with Gasteiger partial charge in [-0.1, -0.05) is 12.2 Å². The smallest absolute Gasteiger partial charge is 0.154 e. The number of nitrogens with one attached hydrogen (secondary N) is 2. The topological polar surface area (TPSA) is 37.0 Å². The molecule has 2 aromatic heterocycles. The van der Waals surface area contributed by atoms with Crippen LogP contribution in [0.1, 0.15) is 5.56 Å². The zero-order chi connectivity index (χ0) is 10.3. The van der Waals surface area contributed by atoms with E-state index in [-0.39, 0.29) is 0 Å². The molecule has 1 aliphatic heterocycles. The molecule has 0 aromatic carbocycles. The van der Waals surface area contributed by atoms with Crippen LogP contribution in [0.15, 0.2) is 29.1 Å². The number of nitrogens with zero attached hydrogens (tertiary/aromatic N) is 1. The highest BCUT2D eigenvalue weighted by atomic mass is 32.1. The molecule has 5 heteroatoms. The Morgan fingerprint density at radius 3 is 3.07 bits per heavy atom. The molecule has 0 fully saturated rings. The van der Waals surface area contributed by atoms with Gasteiger partial charge in [0.2, 0.25) is 0 Å². The third-order valence-electron chi connectivity index (χ3n) is 2.22. The fraction of sp³-hybridized carbons (Fsp3) is 0. The quantitative estimate of drug-likeness (QED) is 0.686. The average Bonchev–Trinajstić information content (AvgIpc) is 2.64. The Labute approximate surface area is 96.2 Å². The van der Waals surface area contributed by atoms with Crippen molar-refractivity contribution in [3.63, 3.8) is 0 Å². The zero-order valence-corrected chi connectivity index (χ0v) is 9.28. The van der Waals surface area contributed by atoms with Crippen LogP contribution in [0.4, 0.5) is 17.2 Å². The van der Waals surface area contributed by atoms with E-state index in [1.165, 1.54) is 0 Å². The van der Waals surface area contributed by atoms with Gasteiger partial charge in [0.15, 0.2) is 5.82 Å². The van der Waals surface area contributed by atoms with Crippen LogP contribution in [-0.2, 0) is 0 Å². The van der Waals surface area contributed by atoms with Gasteiger partial charge in [0.25, 0.3) is 0 Å². The van der Waals surface area contributed by atoms with Crippen LogP contribution < -0.4 is 10.6 Å². The number of hydrogen-bond acceptors (Lipinski definition) is 4. The molecule has 0 atom stereocenters. The van der Waals surface area contributed by atoms with Gasteiger partial charge >= 0.3 is 0 Å². The normalized spacial score (nSPS) is 13.2. The Morgan fingerprint density at radius 1 is 1.20 bits per heavy atom. The van der Waals surface area contributed by atoms with Gasteiger partial charge in [0.1, 0.15) is 4.99 Å². The number of aromatic nitrogens is 1. The number of hydrogen-bond donors (Lipinski definition) is 2. The molecule has 74 valence electrons. The summed E-state index contributed by atoms with van der Waals surface area (Å²) in [6.45, 7) is 0. The molecule has 1 aliphatic rings. The third-order valence-corrected chi connectivity index (χ3v) is 3.28. The lowest BCUT2D eigenvalue weighted by atomic mass is 10.3. The standard InChI is InChI=1S/C10H7N3S2/c14-10-6-4-15-5-8(6)12-9-7(13-10)2-1-3-11-9/h1-5H,(H,11,12)(H,13,14). The van der Waals surface area contributed by atoms with Crippen molar-refractivity contribution in [2.24, 2.45) is 0 Å². The highest BCUT2D eigenvalue weighted by Gasteiger charge is 2.16. The summed E-state index contributed by atoms with van der Waals surface area (Å²) in [7, 11) is 0. The fourth-order valence-corrected chi connectivity index (χ4v) is 2.62. The number of pyridine rings is 1. The van der Waals surface area contributed by atoms with E-state index in [1.807, 2.05) is 22.9 Å². The van der Waals surface area contributed by atoms with E-state index in [2.05, 4.69) is 15.6 Å². The molecule has 0 aliphatic carbocycles. The molecular weight excluding hydrogens is 226 g/mol. The van der Waals surface area contributed by atoms with Gasteiger partial charge in [-0.05, 0) is 12.1 Å². The van der Waals surface area contributed by atoms with Crippen LogP contribution in [0.25, 0.3) is 0 Å². The van der Waals surface area contributed by atoms with Crippen LogP contribution in [0.3, 0.4) is 0 Å². The number of thiophene rings is 1. The van der Waals surface area contributed by atoms with E-state index >= 15 is 0 Å². The van der Waals surface area contributed by atoms with Gasteiger partial charge in [0.05, 0.1) is 11.4 Å². The highest BCUT2D eigenvalue weighted by Crippen LogP contribution is 2.32. The summed E-state index contributed by atoms with van der Waals surface area (Å²) in [6, 6.07) is 3.84. The average molecular weight is 233 g/mol. The summed E-state index contributed by atoms with van der Waals surface area (Å²) >= 11 is 6.93. The van der Waals surface area contributed by atoms with Crippen LogP contribution in [0.2, 0.25) is 0 Å². The van der Waals surface area contributed by atoms with Gasteiger partial charge in [-0.15, -0.1) is 11.3 Å². The van der Waals surface area contributed by atoms with Gasteiger partial charge in [0, 0.05) is 22.5 Å². The van der Waals surface area contributed by atoms with Crippen LogP contribution in [-0.4, -0.2) is 9.97 Å². The summed E-state index contributed by atoms with van der Waals surface area (Å²) in [5, 5.41) is 10.5. The second-order valence-corrected chi connectivity index (χ2v) is 4.33. The van der Waals surface area contributed by atoms with Gasteiger partial charge in [-0.2, -0.15) is 0 Å². The molecule has 3 nitrogen and oxygen atoms in total. The summed E-state index contributed by atoms with van der Waals surface area (Å²) in [6.07, 6.45) is 1.76. The molecule has 3 rings (SSSR count). The van der Waals surface area contributed by atoms with Crippen LogP contribution in [0.5, 0.6) is 0 Å². The summed E-state index contributed by atoms with van der Waals surface area (Å²) in [5.41, 5.74) is 2.98. The monoisotopic (exact) mass is 233 g/mol. The van der Waals surface area contributed by atoms with Crippen molar-refractivity contribution in [1.82, 2.24) is 4.98 Å². The maximum Gasteiger partial charge on any atom is 0.154 e. The van der Waals surface area contributed by atoms with E-state index in [9.17, 15) is 0 Å². The molecule has 0 spiro atoms.